The van der Waals surface area contributed by atoms with Crippen molar-refractivity contribution in [2.45, 2.75) is 388 Å². The Kier molecular flexibility index (Phi) is 62.4. The van der Waals surface area contributed by atoms with Gasteiger partial charge in [0.15, 0.2) is 12.2 Å². The fraction of sp³-hybridized carbons (Fsp3) is 0.945. The molecule has 0 saturated carbocycles. The van der Waals surface area contributed by atoms with Crippen LogP contribution in [0.1, 0.15) is 370 Å². The van der Waals surface area contributed by atoms with Gasteiger partial charge in [-0.3, -0.25) is 37.3 Å². The molecule has 0 aromatic heterocycles. The maximum absolute atomic E-state index is 13.1. The smallest absolute Gasteiger partial charge is 0.462 e. The van der Waals surface area contributed by atoms with Crippen LogP contribution >= 0.6 is 15.6 Å². The summed E-state index contributed by atoms with van der Waals surface area (Å²) in [6, 6.07) is 0. The molecule has 0 aliphatic rings. The van der Waals surface area contributed by atoms with Crippen LogP contribution < -0.4 is 0 Å². The molecule has 92 heavy (non-hydrogen) atoms. The van der Waals surface area contributed by atoms with Crippen LogP contribution in [0.3, 0.4) is 0 Å². The summed E-state index contributed by atoms with van der Waals surface area (Å²) in [5.41, 5.74) is 0. The Morgan fingerprint density at radius 1 is 0.315 bits per heavy atom. The molecule has 0 bridgehead atoms. The van der Waals surface area contributed by atoms with Crippen LogP contribution in [0.15, 0.2) is 0 Å². The van der Waals surface area contributed by atoms with Gasteiger partial charge in [-0.05, 0) is 43.4 Å². The number of carbonyl (C=O) groups is 4. The second-order valence-electron chi connectivity index (χ2n) is 27.5. The van der Waals surface area contributed by atoms with Crippen LogP contribution in [0.5, 0.6) is 0 Å². The number of hydrogen-bond donors (Lipinski definition) is 3. The molecule has 0 aromatic carbocycles. The van der Waals surface area contributed by atoms with Crippen molar-refractivity contribution < 1.29 is 80.2 Å². The molecule has 0 fully saturated rings. The first kappa shape index (κ1) is 90.1. The largest absolute Gasteiger partial charge is 0.472 e. The van der Waals surface area contributed by atoms with Crippen molar-refractivity contribution in [2.75, 3.05) is 39.6 Å². The zero-order chi connectivity index (χ0) is 68.0. The molecular weight excluding hydrogens is 1210 g/mol. The third kappa shape index (κ3) is 65.4. The van der Waals surface area contributed by atoms with Crippen LogP contribution in [0.25, 0.3) is 0 Å². The summed E-state index contributed by atoms with van der Waals surface area (Å²) in [5.74, 6) is 0.217. The molecule has 3 N–H and O–H groups in total. The lowest BCUT2D eigenvalue weighted by Gasteiger charge is -2.21. The van der Waals surface area contributed by atoms with Gasteiger partial charge < -0.3 is 33.8 Å². The lowest BCUT2D eigenvalue weighted by atomic mass is 9.99. The van der Waals surface area contributed by atoms with Gasteiger partial charge in [-0.2, -0.15) is 0 Å². The van der Waals surface area contributed by atoms with Gasteiger partial charge in [-0.25, -0.2) is 9.13 Å². The number of esters is 4. The van der Waals surface area contributed by atoms with E-state index in [-0.39, 0.29) is 25.7 Å². The molecule has 3 unspecified atom stereocenters. The summed E-state index contributed by atoms with van der Waals surface area (Å²) in [4.78, 5) is 72.7. The zero-order valence-corrected chi connectivity index (χ0v) is 61.8. The number of aliphatic hydroxyl groups is 1. The summed E-state index contributed by atoms with van der Waals surface area (Å²) < 4.78 is 68.4. The first-order chi connectivity index (χ1) is 44.3. The first-order valence-corrected chi connectivity index (χ1v) is 40.9. The average molecular weight is 1350 g/mol. The Labute approximate surface area is 562 Å². The second kappa shape index (κ2) is 63.8. The lowest BCUT2D eigenvalue weighted by Crippen LogP contribution is -2.30. The maximum atomic E-state index is 13.1. The van der Waals surface area contributed by atoms with Gasteiger partial charge in [-0.15, -0.1) is 0 Å². The summed E-state index contributed by atoms with van der Waals surface area (Å²) in [6.45, 7) is 11.9. The molecule has 17 nitrogen and oxygen atoms in total. The van der Waals surface area contributed by atoms with Gasteiger partial charge >= 0.3 is 39.5 Å². The van der Waals surface area contributed by atoms with Crippen molar-refractivity contribution in [1.82, 2.24) is 0 Å². The van der Waals surface area contributed by atoms with E-state index in [9.17, 15) is 43.2 Å². The van der Waals surface area contributed by atoms with Crippen LogP contribution in [0.4, 0.5) is 0 Å². The van der Waals surface area contributed by atoms with E-state index < -0.39 is 97.5 Å². The quantitative estimate of drug-likeness (QED) is 0.0222. The van der Waals surface area contributed by atoms with Crippen LogP contribution in [0.2, 0.25) is 0 Å². The fourth-order valence-corrected chi connectivity index (χ4v) is 12.6. The number of ether oxygens (including phenoxy) is 4. The van der Waals surface area contributed by atoms with E-state index >= 15 is 0 Å². The molecular formula is C73H142O17P2. The number of carbonyl (C=O) groups excluding carboxylic acids is 4. The Morgan fingerprint density at radius 3 is 0.826 bits per heavy atom. The average Bonchev–Trinajstić information content (AvgIpc) is 2.93. The van der Waals surface area contributed by atoms with Crippen molar-refractivity contribution in [1.29, 1.82) is 0 Å². The molecule has 546 valence electrons. The topological polar surface area (TPSA) is 237 Å². The standard InChI is InChI=1S/C73H142O17P2/c1-8-10-11-12-13-14-26-33-40-47-54-70(75)83-60-68(90-73(78)57-50-43-36-29-21-19-24-31-38-45-52-65(5)6)62-87-91(79,80)85-58-67(74)59-86-92(81,82)88-63-69(61-84-71(76)55-48-41-34-27-22-20-25-32-39-46-53-66(7)9-2)89-72(77)56-49-42-35-28-18-16-15-17-23-30-37-44-51-64(3)4/h64-69,74H,8-63H2,1-7H3,(H,79,80)(H,81,82)/t66?,67-,68+,69+/m0/s1. The Morgan fingerprint density at radius 2 is 0.554 bits per heavy atom. The van der Waals surface area contributed by atoms with Gasteiger partial charge in [0, 0.05) is 25.7 Å². The molecule has 19 heteroatoms. The third-order valence-corrected chi connectivity index (χ3v) is 19.1. The highest BCUT2D eigenvalue weighted by molar-refractivity contribution is 7.47. The molecule has 0 aromatic rings. The van der Waals surface area contributed by atoms with E-state index in [1.165, 1.54) is 180 Å². The molecule has 0 rings (SSSR count). The van der Waals surface area contributed by atoms with Gasteiger partial charge in [-0.1, -0.05) is 318 Å². The third-order valence-electron chi connectivity index (χ3n) is 17.2. The van der Waals surface area contributed by atoms with Gasteiger partial charge in [0.05, 0.1) is 26.4 Å². The normalized spacial score (nSPS) is 14.4. The number of rotatable bonds is 71. The number of aliphatic hydroxyl groups excluding tert-OH is 1. The van der Waals surface area contributed by atoms with Crippen molar-refractivity contribution in [3.63, 3.8) is 0 Å². The number of hydrogen-bond acceptors (Lipinski definition) is 15. The fourth-order valence-electron chi connectivity index (χ4n) is 11.0. The molecule has 6 atom stereocenters. The van der Waals surface area contributed by atoms with E-state index in [0.717, 1.165) is 108 Å². The lowest BCUT2D eigenvalue weighted by molar-refractivity contribution is -0.161. The van der Waals surface area contributed by atoms with E-state index in [0.29, 0.717) is 25.7 Å². The molecule has 0 heterocycles. The molecule has 0 amide bonds. The van der Waals surface area contributed by atoms with Crippen LogP contribution in [-0.4, -0.2) is 96.7 Å². The first-order valence-electron chi connectivity index (χ1n) is 37.9. The van der Waals surface area contributed by atoms with E-state index in [1.807, 2.05) is 0 Å². The summed E-state index contributed by atoms with van der Waals surface area (Å²) >= 11 is 0. The van der Waals surface area contributed by atoms with E-state index in [2.05, 4.69) is 48.5 Å². The molecule has 0 aliphatic heterocycles. The van der Waals surface area contributed by atoms with Crippen LogP contribution in [0, 0.1) is 17.8 Å². The van der Waals surface area contributed by atoms with Crippen molar-refractivity contribution >= 4 is 39.5 Å². The SMILES string of the molecule is CCCCCCCCCCCCC(=O)OC[C@H](COP(=O)(O)OC[C@H](O)COP(=O)(O)OC[C@@H](COC(=O)CCCCCCCCCCCCC(C)CC)OC(=O)CCCCCCCCCCCCCCC(C)C)OC(=O)CCCCCCCCCCCCC(C)C. The van der Waals surface area contributed by atoms with Crippen LogP contribution in [-0.2, 0) is 65.4 Å². The number of phosphoric acid groups is 2. The summed E-state index contributed by atoms with van der Waals surface area (Å²) in [6.07, 6.45) is 48.4. The molecule has 0 radical (unpaired) electrons. The predicted molar refractivity (Wildman–Crippen MR) is 372 cm³/mol. The Bertz CT molecular complexity index is 1800. The molecule has 0 aliphatic carbocycles. The second-order valence-corrected chi connectivity index (χ2v) is 30.4. The van der Waals surface area contributed by atoms with Gasteiger partial charge in [0.25, 0.3) is 0 Å². The number of unbranched alkanes of at least 4 members (excludes halogenated alkanes) is 38. The van der Waals surface area contributed by atoms with E-state index in [1.54, 1.807) is 0 Å². The minimum atomic E-state index is -4.96. The highest BCUT2D eigenvalue weighted by atomic mass is 31.2. The maximum Gasteiger partial charge on any atom is 0.472 e. The number of phosphoric ester groups is 2. The highest BCUT2D eigenvalue weighted by Gasteiger charge is 2.30. The van der Waals surface area contributed by atoms with Gasteiger partial charge in [0.2, 0.25) is 0 Å². The highest BCUT2D eigenvalue weighted by Crippen LogP contribution is 2.45. The Hall–Kier alpha value is -1.94. The Balaban J connectivity index is 5.26. The minimum absolute atomic E-state index is 0.106. The van der Waals surface area contributed by atoms with Crippen molar-refractivity contribution in [3.05, 3.63) is 0 Å². The molecule has 0 spiro atoms. The van der Waals surface area contributed by atoms with E-state index in [4.69, 9.17) is 37.0 Å². The minimum Gasteiger partial charge on any atom is -0.462 e. The molecule has 0 saturated heterocycles. The van der Waals surface area contributed by atoms with Gasteiger partial charge in [0.1, 0.15) is 19.3 Å². The summed E-state index contributed by atoms with van der Waals surface area (Å²) in [5, 5.41) is 10.6. The summed E-state index contributed by atoms with van der Waals surface area (Å²) in [7, 11) is -9.91. The zero-order valence-electron chi connectivity index (χ0n) is 60.0. The predicted octanol–water partition coefficient (Wildman–Crippen LogP) is 21.0. The van der Waals surface area contributed by atoms with Crippen molar-refractivity contribution in [3.8, 4) is 0 Å². The van der Waals surface area contributed by atoms with Crippen molar-refractivity contribution in [2.24, 2.45) is 17.8 Å². The monoisotopic (exact) mass is 1350 g/mol.